The maximum absolute atomic E-state index is 14.6. The Labute approximate surface area is 469 Å². The Morgan fingerprint density at radius 1 is 0.713 bits per heavy atom. The van der Waals surface area contributed by atoms with Crippen LogP contribution >= 0.6 is 0 Å². The molecular formula is C57H92N4O19. The number of ether oxygens (including phenoxy) is 4. The van der Waals surface area contributed by atoms with E-state index in [0.717, 1.165) is 0 Å². The van der Waals surface area contributed by atoms with Gasteiger partial charge in [-0.15, -0.1) is 0 Å². The summed E-state index contributed by atoms with van der Waals surface area (Å²) < 4.78 is 24.2. The number of rotatable bonds is 9. The first-order valence-corrected chi connectivity index (χ1v) is 27.9. The van der Waals surface area contributed by atoms with Crippen LogP contribution in [-0.4, -0.2) is 245 Å². The molecular weight excluding hydrogens is 1040 g/mol. The normalized spacial score (nSPS) is 41.0. The molecule has 23 nitrogen and oxygen atoms in total. The lowest BCUT2D eigenvalue weighted by molar-refractivity contribution is -0.308. The summed E-state index contributed by atoms with van der Waals surface area (Å²) >= 11 is 0. The van der Waals surface area contributed by atoms with E-state index in [9.17, 15) is 75.7 Å². The van der Waals surface area contributed by atoms with E-state index >= 15 is 0 Å². The number of esters is 1. The second-order valence-electron chi connectivity index (χ2n) is 21.7. The van der Waals surface area contributed by atoms with Crippen molar-refractivity contribution in [3.8, 4) is 0 Å². The topological polar surface area (TPSA) is 361 Å². The van der Waals surface area contributed by atoms with Crippen LogP contribution in [0.25, 0.3) is 0 Å². The van der Waals surface area contributed by atoms with Gasteiger partial charge in [0.25, 0.3) is 0 Å². The smallest absolute Gasteiger partial charge is 0.308 e. The summed E-state index contributed by atoms with van der Waals surface area (Å²) in [6.45, 7) is 7.34. The zero-order valence-corrected chi connectivity index (χ0v) is 46.8. The molecule has 0 saturated carbocycles. The monoisotopic (exact) mass is 1140 g/mol. The van der Waals surface area contributed by atoms with Crippen molar-refractivity contribution >= 4 is 17.8 Å². The molecule has 20 atom stereocenters. The van der Waals surface area contributed by atoms with Crippen molar-refractivity contribution in [2.75, 3.05) is 52.9 Å². The Bertz CT molecular complexity index is 2080. The van der Waals surface area contributed by atoms with Crippen molar-refractivity contribution < 1.29 is 94.6 Å². The van der Waals surface area contributed by atoms with Crippen LogP contribution in [0, 0.1) is 17.8 Å². The molecule has 1 unspecified atom stereocenters. The van der Waals surface area contributed by atoms with Crippen LogP contribution in [0.1, 0.15) is 79.1 Å². The number of carbonyl (C=O) groups excluding carboxylic acids is 3. The van der Waals surface area contributed by atoms with Gasteiger partial charge in [-0.05, 0) is 40.2 Å². The quantitative estimate of drug-likeness (QED) is 0.117. The third-order valence-electron chi connectivity index (χ3n) is 15.0. The summed E-state index contributed by atoms with van der Waals surface area (Å²) in [5, 5.41) is 137. The fourth-order valence-corrected chi connectivity index (χ4v) is 10.2. The van der Waals surface area contributed by atoms with E-state index in [4.69, 9.17) is 18.9 Å². The summed E-state index contributed by atoms with van der Waals surface area (Å²) in [5.74, 6) is -6.27. The molecule has 4 aliphatic rings. The van der Waals surface area contributed by atoms with E-state index in [-0.39, 0.29) is 57.8 Å². The summed E-state index contributed by atoms with van der Waals surface area (Å²) in [6.07, 6.45) is 2.09. The summed E-state index contributed by atoms with van der Waals surface area (Å²) in [5.41, 5.74) is 0. The van der Waals surface area contributed by atoms with Crippen LogP contribution in [-0.2, 0) is 33.3 Å². The molecule has 0 spiro atoms. The van der Waals surface area contributed by atoms with Crippen LogP contribution < -0.4 is 10.6 Å². The van der Waals surface area contributed by atoms with Crippen LogP contribution in [0.2, 0.25) is 0 Å². The van der Waals surface area contributed by atoms with Gasteiger partial charge in [-0.2, -0.15) is 0 Å². The molecule has 4 aliphatic heterocycles. The number of fused-ring (bicyclic) bond motifs is 2. The highest BCUT2D eigenvalue weighted by molar-refractivity contribution is 5.80. The van der Waals surface area contributed by atoms with E-state index in [1.54, 1.807) is 87.7 Å². The lowest BCUT2D eigenvalue weighted by Gasteiger charge is -2.47. The molecule has 0 radical (unpaired) electrons. The Hall–Kier alpha value is -4.09. The average molecular weight is 1140 g/mol. The number of likely N-dealkylation sites (N-methyl/N-ethyl adjacent to an activating group) is 1. The van der Waals surface area contributed by atoms with E-state index in [1.807, 2.05) is 30.1 Å². The molecule has 3 fully saturated rings. The minimum Gasteiger partial charge on any atom is -0.462 e. The van der Waals surface area contributed by atoms with Crippen molar-refractivity contribution in [2.24, 2.45) is 17.8 Å². The number of nitrogens with one attached hydrogen (secondary N) is 2. The number of amides is 2. The Morgan fingerprint density at radius 3 is 1.91 bits per heavy atom. The van der Waals surface area contributed by atoms with E-state index in [2.05, 4.69) is 10.6 Å². The standard InChI is InChI=1S/C57H92N4O19/c1-35-18-16-14-12-10-8-6-7-9-11-13-15-17-19-43(79-56-54(74)51(53(73)38(4)78-56)59-48(70)32-58-5)29-47-50(55(75)61-24-22-60(23-25-61)33-42(66)34-62)46(69)31-57(76,80-47)30-41(65)27-45(68)44(67)21-20-39(63)26-40(64)28-49(71)77-37(3)36(2)52(35)72/h6-19,35-47,50-54,56,58,62-69,72-74,76H,20-34H2,1-5H3,(H,59,70)/b7-6-,10-8-,11-9-,14-12-,15-13-,18-16-,19-17+/t35-,36-,37-,38+,39+,40+,41-,42?,43-,44+,45+,46-,47-,50+,51-,52+,53+,54-,56-,57+/m0/s1. The second kappa shape index (κ2) is 34.5. The third kappa shape index (κ3) is 22.6. The van der Waals surface area contributed by atoms with Crippen molar-refractivity contribution in [1.82, 2.24) is 20.4 Å². The molecule has 4 rings (SSSR count). The number of cyclic esters (lactones) is 1. The number of β-amino-alcohol motifs (C(OH)–C–C–N with tert-alkyl or cyclic N) is 1. The Morgan fingerprint density at radius 2 is 1.31 bits per heavy atom. The van der Waals surface area contributed by atoms with Gasteiger partial charge in [-0.1, -0.05) is 98.9 Å². The molecule has 2 bridgehead atoms. The second-order valence-corrected chi connectivity index (χ2v) is 21.7. The molecule has 0 aliphatic carbocycles. The highest BCUT2D eigenvalue weighted by atomic mass is 16.7. The number of carbonyl (C=O) groups is 3. The number of hydrogen-bond acceptors (Lipinski definition) is 21. The average Bonchev–Trinajstić information content (AvgIpc) is 3.55. The van der Waals surface area contributed by atoms with E-state index in [0.29, 0.717) is 13.1 Å². The van der Waals surface area contributed by atoms with Crippen molar-refractivity contribution in [3.05, 3.63) is 85.1 Å². The Balaban J connectivity index is 1.67. The zero-order valence-electron chi connectivity index (χ0n) is 46.8. The minimum absolute atomic E-state index is 0.123. The molecule has 0 aromatic heterocycles. The maximum atomic E-state index is 14.6. The SMILES string of the molecule is CNCC(=O)N[C@@H]1[C@H](O)[C@H](O[C@H]2/C=C/C=C\C=C/C=C\C=C/C=C\C=C/[C@H](C)[C@@H](O)[C@@H](C)[C@H](C)OC(=O)C[C@H](O)C[C@H](O)CC[C@@H](O)[C@H](O)C[C@H](O)C[C@]3(O)C[C@H](O)[C@@H](C(=O)N4CCN(CC(O)CO)CC4)[C@H](C2)O3)O[C@H](C)[C@H]1O. The van der Waals surface area contributed by atoms with Gasteiger partial charge in [0.15, 0.2) is 12.1 Å². The van der Waals surface area contributed by atoms with Crippen molar-refractivity contribution in [3.63, 3.8) is 0 Å². The first-order valence-electron chi connectivity index (χ1n) is 27.9. The van der Waals surface area contributed by atoms with Gasteiger partial charge in [-0.25, -0.2) is 0 Å². The molecule has 80 heavy (non-hydrogen) atoms. The lowest BCUT2D eigenvalue weighted by Crippen LogP contribution is -2.64. The Kier molecular flexibility index (Phi) is 29.5. The third-order valence-corrected chi connectivity index (χ3v) is 15.0. The number of aliphatic hydroxyl groups excluding tert-OH is 11. The highest BCUT2D eigenvalue weighted by Crippen LogP contribution is 2.39. The molecule has 4 heterocycles. The van der Waals surface area contributed by atoms with Gasteiger partial charge in [0.2, 0.25) is 11.8 Å². The molecule has 454 valence electrons. The summed E-state index contributed by atoms with van der Waals surface area (Å²) in [4.78, 5) is 43.4. The predicted molar refractivity (Wildman–Crippen MR) is 293 cm³/mol. The molecule has 0 aromatic rings. The first kappa shape index (κ1) is 68.4. The van der Waals surface area contributed by atoms with Gasteiger partial charge < -0.3 is 95.8 Å². The lowest BCUT2D eigenvalue weighted by atomic mass is 9.81. The highest BCUT2D eigenvalue weighted by Gasteiger charge is 2.52. The van der Waals surface area contributed by atoms with E-state index < -0.39 is 165 Å². The molecule has 14 N–H and O–H groups in total. The minimum atomic E-state index is -2.35. The number of aliphatic hydroxyl groups is 12. The summed E-state index contributed by atoms with van der Waals surface area (Å²) in [7, 11) is 1.55. The van der Waals surface area contributed by atoms with Crippen LogP contribution in [0.3, 0.4) is 0 Å². The van der Waals surface area contributed by atoms with E-state index in [1.165, 1.54) is 11.8 Å². The van der Waals surface area contributed by atoms with Gasteiger partial charge in [0.05, 0.1) is 98.7 Å². The first-order chi connectivity index (χ1) is 37.9. The van der Waals surface area contributed by atoms with Crippen LogP contribution in [0.15, 0.2) is 85.1 Å². The number of piperazine rings is 1. The largest absolute Gasteiger partial charge is 0.462 e. The summed E-state index contributed by atoms with van der Waals surface area (Å²) in [6, 6.07) is -1.24. The molecule has 0 aromatic carbocycles. The molecule has 2 amide bonds. The van der Waals surface area contributed by atoms with Gasteiger partial charge in [-0.3, -0.25) is 19.3 Å². The van der Waals surface area contributed by atoms with Crippen LogP contribution in [0.5, 0.6) is 0 Å². The maximum Gasteiger partial charge on any atom is 0.308 e. The van der Waals surface area contributed by atoms with Crippen molar-refractivity contribution in [1.29, 1.82) is 0 Å². The van der Waals surface area contributed by atoms with Gasteiger partial charge in [0.1, 0.15) is 18.3 Å². The number of allylic oxidation sites excluding steroid dienone is 12. The predicted octanol–water partition coefficient (Wildman–Crippen LogP) is -1.50. The zero-order chi connectivity index (χ0) is 59.1. The fraction of sp³-hybridized carbons (Fsp3) is 0.702. The van der Waals surface area contributed by atoms with Crippen LogP contribution in [0.4, 0.5) is 0 Å². The number of nitrogens with zero attached hydrogens (tertiary/aromatic N) is 2. The molecule has 3 saturated heterocycles. The van der Waals surface area contributed by atoms with Crippen molar-refractivity contribution in [2.45, 2.75) is 183 Å². The van der Waals surface area contributed by atoms with Gasteiger partial charge >= 0.3 is 5.97 Å². The number of hydrogen-bond donors (Lipinski definition) is 14. The van der Waals surface area contributed by atoms with Gasteiger partial charge in [0, 0.05) is 70.2 Å². The molecule has 23 heteroatoms. The fourth-order valence-electron chi connectivity index (χ4n) is 10.2.